The van der Waals surface area contributed by atoms with Crippen molar-refractivity contribution in [1.82, 2.24) is 15.5 Å². The SMILES string of the molecule is CN=C(NCc1ccccc1OC(F)F)NCC1CN(C)CCO1. The van der Waals surface area contributed by atoms with E-state index >= 15 is 0 Å². The van der Waals surface area contributed by atoms with Crippen molar-refractivity contribution in [2.75, 3.05) is 40.3 Å². The van der Waals surface area contributed by atoms with Gasteiger partial charge in [-0.3, -0.25) is 4.99 Å². The van der Waals surface area contributed by atoms with Gasteiger partial charge in [0.1, 0.15) is 5.75 Å². The number of hydrogen-bond donors (Lipinski definition) is 2. The number of ether oxygens (including phenoxy) is 2. The first kappa shape index (κ1) is 18.4. The van der Waals surface area contributed by atoms with Crippen LogP contribution < -0.4 is 15.4 Å². The molecule has 1 aliphatic heterocycles. The van der Waals surface area contributed by atoms with E-state index in [-0.39, 0.29) is 11.9 Å². The van der Waals surface area contributed by atoms with Crippen molar-refractivity contribution in [1.29, 1.82) is 0 Å². The average molecular weight is 342 g/mol. The molecule has 134 valence electrons. The Hall–Kier alpha value is -1.93. The molecule has 0 amide bonds. The van der Waals surface area contributed by atoms with E-state index in [0.717, 1.165) is 13.1 Å². The number of guanidine groups is 1. The highest BCUT2D eigenvalue weighted by Crippen LogP contribution is 2.19. The lowest BCUT2D eigenvalue weighted by Crippen LogP contribution is -2.48. The summed E-state index contributed by atoms with van der Waals surface area (Å²) in [5.74, 6) is 0.742. The van der Waals surface area contributed by atoms with Gasteiger partial charge in [-0.1, -0.05) is 18.2 Å². The zero-order valence-electron chi connectivity index (χ0n) is 14.0. The highest BCUT2D eigenvalue weighted by Gasteiger charge is 2.17. The van der Waals surface area contributed by atoms with Gasteiger partial charge in [-0.05, 0) is 13.1 Å². The summed E-state index contributed by atoms with van der Waals surface area (Å²) < 4.78 is 35.1. The quantitative estimate of drug-likeness (QED) is 0.603. The second-order valence-corrected chi connectivity index (χ2v) is 5.55. The summed E-state index contributed by atoms with van der Waals surface area (Å²) in [5.41, 5.74) is 0.634. The monoisotopic (exact) mass is 342 g/mol. The average Bonchev–Trinajstić information content (AvgIpc) is 2.56. The third-order valence-corrected chi connectivity index (χ3v) is 3.70. The molecule has 0 bridgehead atoms. The third-order valence-electron chi connectivity index (χ3n) is 3.70. The van der Waals surface area contributed by atoms with Gasteiger partial charge >= 0.3 is 6.61 Å². The Morgan fingerprint density at radius 2 is 2.21 bits per heavy atom. The Morgan fingerprint density at radius 1 is 1.42 bits per heavy atom. The molecule has 0 spiro atoms. The van der Waals surface area contributed by atoms with Crippen LogP contribution in [-0.2, 0) is 11.3 Å². The van der Waals surface area contributed by atoms with Crippen LogP contribution >= 0.6 is 0 Å². The van der Waals surface area contributed by atoms with E-state index in [1.54, 1.807) is 25.2 Å². The van der Waals surface area contributed by atoms with Crippen molar-refractivity contribution < 1.29 is 18.3 Å². The van der Waals surface area contributed by atoms with Crippen LogP contribution in [0.25, 0.3) is 0 Å². The zero-order chi connectivity index (χ0) is 17.4. The summed E-state index contributed by atoms with van der Waals surface area (Å²) in [6.07, 6.45) is 0.0942. The first-order chi connectivity index (χ1) is 11.6. The maximum Gasteiger partial charge on any atom is 0.387 e. The Kier molecular flexibility index (Phi) is 7.20. The predicted octanol–water partition coefficient (Wildman–Crippen LogP) is 1.28. The number of likely N-dealkylation sites (N-methyl/N-ethyl adjacent to an activating group) is 1. The zero-order valence-corrected chi connectivity index (χ0v) is 14.0. The Morgan fingerprint density at radius 3 is 2.92 bits per heavy atom. The number of hydrogen-bond acceptors (Lipinski definition) is 4. The number of halogens is 2. The highest BCUT2D eigenvalue weighted by atomic mass is 19.3. The van der Waals surface area contributed by atoms with E-state index in [4.69, 9.17) is 4.74 Å². The van der Waals surface area contributed by atoms with Gasteiger partial charge in [0, 0.05) is 38.8 Å². The number of nitrogens with zero attached hydrogens (tertiary/aromatic N) is 2. The number of aliphatic imine (C=N–C) groups is 1. The molecule has 1 aromatic rings. The summed E-state index contributed by atoms with van der Waals surface area (Å²) in [4.78, 5) is 6.35. The van der Waals surface area contributed by atoms with E-state index in [0.29, 0.717) is 31.2 Å². The predicted molar refractivity (Wildman–Crippen MR) is 88.5 cm³/mol. The van der Waals surface area contributed by atoms with Crippen LogP contribution in [0.2, 0.25) is 0 Å². The minimum Gasteiger partial charge on any atom is -0.434 e. The molecule has 2 N–H and O–H groups in total. The van der Waals surface area contributed by atoms with Crippen LogP contribution in [-0.4, -0.2) is 63.9 Å². The molecule has 1 saturated heterocycles. The van der Waals surface area contributed by atoms with Crippen molar-refractivity contribution in [3.05, 3.63) is 29.8 Å². The minimum absolute atomic E-state index is 0.0942. The van der Waals surface area contributed by atoms with Crippen molar-refractivity contribution in [3.63, 3.8) is 0 Å². The number of morpholine rings is 1. The number of alkyl halides is 2. The van der Waals surface area contributed by atoms with E-state index in [1.165, 1.54) is 6.07 Å². The second-order valence-electron chi connectivity index (χ2n) is 5.55. The van der Waals surface area contributed by atoms with Crippen LogP contribution in [0.4, 0.5) is 8.78 Å². The maximum atomic E-state index is 12.4. The van der Waals surface area contributed by atoms with Crippen LogP contribution in [0, 0.1) is 0 Å². The number of rotatable bonds is 6. The summed E-state index contributed by atoms with van der Waals surface area (Å²) in [5, 5.41) is 6.28. The molecule has 0 radical (unpaired) electrons. The van der Waals surface area contributed by atoms with E-state index in [2.05, 4.69) is 32.3 Å². The molecule has 1 fully saturated rings. The first-order valence-electron chi connectivity index (χ1n) is 7.86. The lowest BCUT2D eigenvalue weighted by atomic mass is 10.2. The molecule has 0 aromatic heterocycles. The molecule has 0 saturated carbocycles. The largest absolute Gasteiger partial charge is 0.434 e. The molecule has 1 heterocycles. The maximum absolute atomic E-state index is 12.4. The molecule has 1 unspecified atom stereocenters. The summed E-state index contributed by atoms with van der Waals surface area (Å²) >= 11 is 0. The lowest BCUT2D eigenvalue weighted by molar-refractivity contribution is -0.0504. The van der Waals surface area contributed by atoms with Crippen LogP contribution in [0.5, 0.6) is 5.75 Å². The fourth-order valence-electron chi connectivity index (χ4n) is 2.46. The van der Waals surface area contributed by atoms with Crippen molar-refractivity contribution in [2.45, 2.75) is 19.3 Å². The minimum atomic E-state index is -2.84. The van der Waals surface area contributed by atoms with Gasteiger partial charge in [-0.15, -0.1) is 0 Å². The molecule has 6 nitrogen and oxygen atoms in total. The third kappa shape index (κ3) is 5.93. The summed E-state index contributed by atoms with van der Waals surface area (Å²) in [7, 11) is 3.72. The van der Waals surface area contributed by atoms with Crippen LogP contribution in [0.3, 0.4) is 0 Å². The number of nitrogens with one attached hydrogen (secondary N) is 2. The molecule has 8 heteroatoms. The van der Waals surface area contributed by atoms with Gasteiger partial charge in [0.2, 0.25) is 0 Å². The first-order valence-corrected chi connectivity index (χ1v) is 7.86. The van der Waals surface area contributed by atoms with Crippen LogP contribution in [0.1, 0.15) is 5.56 Å². The molecule has 24 heavy (non-hydrogen) atoms. The highest BCUT2D eigenvalue weighted by molar-refractivity contribution is 5.79. The van der Waals surface area contributed by atoms with Crippen LogP contribution in [0.15, 0.2) is 29.3 Å². The molecule has 0 aliphatic carbocycles. The van der Waals surface area contributed by atoms with Gasteiger partial charge in [0.05, 0.1) is 12.7 Å². The summed E-state index contributed by atoms with van der Waals surface area (Å²) in [6.45, 7) is 0.615. The second kappa shape index (κ2) is 9.39. The van der Waals surface area contributed by atoms with E-state index in [1.807, 2.05) is 0 Å². The van der Waals surface area contributed by atoms with Gasteiger partial charge in [0.15, 0.2) is 5.96 Å². The fraction of sp³-hybridized carbons (Fsp3) is 0.562. The normalized spacial score (nSPS) is 19.4. The standard InChI is InChI=1S/C16H24F2N4O2/c1-19-16(21-10-13-11-22(2)7-8-23-13)20-9-12-5-3-4-6-14(12)24-15(17)18/h3-6,13,15H,7-11H2,1-2H3,(H2,19,20,21). The lowest BCUT2D eigenvalue weighted by Gasteiger charge is -2.30. The van der Waals surface area contributed by atoms with Crippen molar-refractivity contribution in [3.8, 4) is 5.75 Å². The van der Waals surface area contributed by atoms with E-state index in [9.17, 15) is 8.78 Å². The number of para-hydroxylation sites is 1. The van der Waals surface area contributed by atoms with Crippen molar-refractivity contribution >= 4 is 5.96 Å². The molecular weight excluding hydrogens is 318 g/mol. The number of benzene rings is 1. The molecule has 2 rings (SSSR count). The smallest absolute Gasteiger partial charge is 0.387 e. The van der Waals surface area contributed by atoms with Gasteiger partial charge in [0.25, 0.3) is 0 Å². The van der Waals surface area contributed by atoms with Gasteiger partial charge < -0.3 is 25.0 Å². The Bertz CT molecular complexity index is 543. The molecular formula is C16H24F2N4O2. The molecule has 1 aromatic carbocycles. The summed E-state index contributed by atoms with van der Waals surface area (Å²) in [6, 6.07) is 6.69. The molecule has 1 aliphatic rings. The topological polar surface area (TPSA) is 58.1 Å². The van der Waals surface area contributed by atoms with Crippen molar-refractivity contribution in [2.24, 2.45) is 4.99 Å². The Balaban J connectivity index is 1.83. The fourth-order valence-corrected chi connectivity index (χ4v) is 2.46. The van der Waals surface area contributed by atoms with E-state index < -0.39 is 6.61 Å². The molecule has 1 atom stereocenters. The Labute approximate surface area is 140 Å². The van der Waals surface area contributed by atoms with Gasteiger partial charge in [-0.25, -0.2) is 0 Å². The van der Waals surface area contributed by atoms with Gasteiger partial charge in [-0.2, -0.15) is 8.78 Å².